The van der Waals surface area contributed by atoms with Crippen molar-refractivity contribution in [2.45, 2.75) is 25.3 Å². The summed E-state index contributed by atoms with van der Waals surface area (Å²) in [7, 11) is -1.84. The third-order valence-corrected chi connectivity index (χ3v) is 6.26. The highest BCUT2D eigenvalue weighted by atomic mass is 32.2. The summed E-state index contributed by atoms with van der Waals surface area (Å²) in [4.78, 5) is 19.1. The second kappa shape index (κ2) is 8.93. The fourth-order valence-corrected chi connectivity index (χ4v) is 4.77. The Morgan fingerprint density at radius 3 is 2.48 bits per heavy atom. The molecule has 0 atom stereocenters. The number of hydrogen-bond acceptors (Lipinski definition) is 5. The normalized spacial score (nSPS) is 13.6. The summed E-state index contributed by atoms with van der Waals surface area (Å²) in [6, 6.07) is 10.3. The minimum Gasteiger partial charge on any atom is -0.496 e. The molecule has 10 heteroatoms. The third-order valence-electron chi connectivity index (χ3n) is 5.47. The lowest BCUT2D eigenvalue weighted by Gasteiger charge is -2.30. The van der Waals surface area contributed by atoms with Crippen molar-refractivity contribution in [3.8, 4) is 17.1 Å². The van der Waals surface area contributed by atoms with Gasteiger partial charge in [0, 0.05) is 25.4 Å². The zero-order valence-corrected chi connectivity index (χ0v) is 19.0. The molecule has 2 aromatic carbocycles. The number of benzene rings is 2. The molecule has 1 aliphatic rings. The molecule has 0 spiro atoms. The van der Waals surface area contributed by atoms with Crippen LogP contribution in [0.25, 0.3) is 11.4 Å². The van der Waals surface area contributed by atoms with Crippen molar-refractivity contribution in [1.29, 1.82) is 0 Å². The predicted octanol–water partition coefficient (Wildman–Crippen LogP) is 2.97. The van der Waals surface area contributed by atoms with Crippen molar-refractivity contribution < 1.29 is 26.7 Å². The number of amides is 1. The van der Waals surface area contributed by atoms with Gasteiger partial charge in [-0.1, -0.05) is 12.1 Å². The van der Waals surface area contributed by atoms with Gasteiger partial charge in [0.05, 0.1) is 42.8 Å². The van der Waals surface area contributed by atoms with Gasteiger partial charge in [0.15, 0.2) is 9.84 Å². The average Bonchev–Trinajstić information content (AvgIpc) is 3.09. The van der Waals surface area contributed by atoms with E-state index in [1.54, 1.807) is 18.1 Å². The fourth-order valence-electron chi connectivity index (χ4n) is 4.05. The Morgan fingerprint density at radius 1 is 1.12 bits per heavy atom. The molecule has 2 heterocycles. The molecule has 33 heavy (non-hydrogen) atoms. The monoisotopic (exact) mass is 475 g/mol. The Labute approximate surface area is 190 Å². The van der Waals surface area contributed by atoms with Crippen molar-refractivity contribution >= 4 is 15.7 Å². The zero-order valence-electron chi connectivity index (χ0n) is 18.2. The number of hydrogen-bond donors (Lipinski definition) is 0. The lowest BCUT2D eigenvalue weighted by Crippen LogP contribution is -2.39. The van der Waals surface area contributed by atoms with E-state index >= 15 is 0 Å². The van der Waals surface area contributed by atoms with Crippen molar-refractivity contribution in [3.05, 3.63) is 71.1 Å². The number of sulfone groups is 1. The Kier molecular flexibility index (Phi) is 6.20. The third kappa shape index (κ3) is 5.05. The average molecular weight is 476 g/mol. The van der Waals surface area contributed by atoms with Crippen LogP contribution in [-0.2, 0) is 39.9 Å². The molecular formula is C23H23F2N3O4S. The van der Waals surface area contributed by atoms with Crippen LogP contribution < -0.4 is 4.74 Å². The highest BCUT2D eigenvalue weighted by Gasteiger charge is 2.29. The second-order valence-corrected chi connectivity index (χ2v) is 10.2. The Morgan fingerprint density at radius 2 is 1.82 bits per heavy atom. The molecule has 1 aromatic heterocycles. The molecule has 0 bridgehead atoms. The predicted molar refractivity (Wildman–Crippen MR) is 118 cm³/mol. The number of rotatable bonds is 6. The van der Waals surface area contributed by atoms with Crippen LogP contribution in [0, 0.1) is 11.6 Å². The maximum absolute atomic E-state index is 13.5. The van der Waals surface area contributed by atoms with E-state index in [0.717, 1.165) is 30.0 Å². The van der Waals surface area contributed by atoms with Gasteiger partial charge in [-0.2, -0.15) is 0 Å². The number of para-hydroxylation sites is 1. The highest BCUT2D eigenvalue weighted by molar-refractivity contribution is 7.89. The van der Waals surface area contributed by atoms with Crippen molar-refractivity contribution in [1.82, 2.24) is 14.5 Å². The minimum absolute atomic E-state index is 0.142. The van der Waals surface area contributed by atoms with Crippen LogP contribution in [0.1, 0.15) is 17.0 Å². The van der Waals surface area contributed by atoms with Crippen LogP contribution in [0.2, 0.25) is 0 Å². The number of methoxy groups -OCH3 is 1. The number of fused-ring (bicyclic) bond motifs is 1. The van der Waals surface area contributed by atoms with Gasteiger partial charge in [0.1, 0.15) is 23.2 Å². The molecule has 0 aliphatic carbocycles. The Bertz CT molecular complexity index is 1300. The molecule has 0 fully saturated rings. The van der Waals surface area contributed by atoms with E-state index in [1.165, 1.54) is 0 Å². The summed E-state index contributed by atoms with van der Waals surface area (Å²) in [5, 5.41) is 0. The summed E-state index contributed by atoms with van der Waals surface area (Å²) in [6.07, 6.45) is 0.968. The molecule has 1 amide bonds. The summed E-state index contributed by atoms with van der Waals surface area (Å²) < 4.78 is 58.5. The maximum atomic E-state index is 13.5. The van der Waals surface area contributed by atoms with E-state index in [9.17, 15) is 22.0 Å². The number of aromatic nitrogens is 2. The topological polar surface area (TPSA) is 81.5 Å². The number of carbonyl (C=O) groups is 1. The van der Waals surface area contributed by atoms with Gasteiger partial charge < -0.3 is 14.2 Å². The first-order valence-corrected chi connectivity index (χ1v) is 12.3. The molecule has 0 saturated carbocycles. The van der Waals surface area contributed by atoms with Crippen molar-refractivity contribution in [2.75, 3.05) is 19.9 Å². The lowest BCUT2D eigenvalue weighted by atomic mass is 10.1. The molecule has 3 aromatic rings. The number of carbonyl (C=O) groups excluding carboxylic acids is 1. The molecular weight excluding hydrogens is 452 g/mol. The van der Waals surface area contributed by atoms with Gasteiger partial charge in [0.25, 0.3) is 0 Å². The SMILES string of the molecule is COc1ccccc1-c1nc(CS(C)(=O)=O)c2n1CCN(C(=O)Cc1cc(F)cc(F)c1)C2. The molecule has 1 aliphatic heterocycles. The van der Waals surface area contributed by atoms with Gasteiger partial charge in [-0.15, -0.1) is 0 Å². The summed E-state index contributed by atoms with van der Waals surface area (Å²) in [5.74, 6) is -0.896. The molecule has 4 rings (SSSR count). The van der Waals surface area contributed by atoms with Gasteiger partial charge in [-0.25, -0.2) is 22.2 Å². The van der Waals surface area contributed by atoms with Crippen LogP contribution in [0.3, 0.4) is 0 Å². The summed E-state index contributed by atoms with van der Waals surface area (Å²) in [6.45, 7) is 0.882. The molecule has 7 nitrogen and oxygen atoms in total. The van der Waals surface area contributed by atoms with Gasteiger partial charge in [-0.3, -0.25) is 4.79 Å². The number of nitrogens with zero attached hydrogens (tertiary/aromatic N) is 3. The van der Waals surface area contributed by atoms with E-state index in [2.05, 4.69) is 4.98 Å². The van der Waals surface area contributed by atoms with E-state index in [4.69, 9.17) is 4.74 Å². The molecule has 0 N–H and O–H groups in total. The Hall–Kier alpha value is -3.27. The van der Waals surface area contributed by atoms with Crippen molar-refractivity contribution in [2.24, 2.45) is 0 Å². The van der Waals surface area contributed by atoms with E-state index in [0.29, 0.717) is 36.1 Å². The van der Waals surface area contributed by atoms with Crippen LogP contribution in [0.15, 0.2) is 42.5 Å². The number of halogens is 2. The quantitative estimate of drug-likeness (QED) is 0.548. The van der Waals surface area contributed by atoms with E-state index < -0.39 is 21.5 Å². The van der Waals surface area contributed by atoms with E-state index in [1.807, 2.05) is 22.8 Å². The maximum Gasteiger partial charge on any atom is 0.227 e. The number of imidazole rings is 1. The van der Waals surface area contributed by atoms with Gasteiger partial charge in [0.2, 0.25) is 5.91 Å². The first-order valence-electron chi connectivity index (χ1n) is 10.3. The first-order chi connectivity index (χ1) is 15.6. The van der Waals surface area contributed by atoms with Crippen LogP contribution in [-0.4, -0.2) is 48.7 Å². The van der Waals surface area contributed by atoms with E-state index in [-0.39, 0.29) is 30.2 Å². The van der Waals surface area contributed by atoms with Crippen LogP contribution in [0.5, 0.6) is 5.75 Å². The summed E-state index contributed by atoms with van der Waals surface area (Å²) in [5.41, 5.74) is 1.94. The standard InChI is InChI=1S/C23H23F2N3O4S/c1-32-21-6-4-3-5-18(21)23-26-19(14-33(2,30)31)20-13-27(7-8-28(20)23)22(29)11-15-9-16(24)12-17(25)10-15/h3-6,9-10,12H,7-8,11,13-14H2,1-2H3. The highest BCUT2D eigenvalue weighted by Crippen LogP contribution is 2.33. The van der Waals surface area contributed by atoms with Crippen molar-refractivity contribution in [3.63, 3.8) is 0 Å². The molecule has 174 valence electrons. The van der Waals surface area contributed by atoms with Crippen LogP contribution >= 0.6 is 0 Å². The fraction of sp³-hybridized carbons (Fsp3) is 0.304. The largest absolute Gasteiger partial charge is 0.496 e. The lowest BCUT2D eigenvalue weighted by molar-refractivity contribution is -0.131. The Balaban J connectivity index is 1.68. The van der Waals surface area contributed by atoms with Crippen LogP contribution in [0.4, 0.5) is 8.78 Å². The molecule has 0 saturated heterocycles. The van der Waals surface area contributed by atoms with Gasteiger partial charge >= 0.3 is 0 Å². The number of ether oxygens (including phenoxy) is 1. The second-order valence-electron chi connectivity index (χ2n) is 8.02. The molecule has 0 radical (unpaired) electrons. The first kappa shape index (κ1) is 22.9. The van der Waals surface area contributed by atoms with Gasteiger partial charge in [-0.05, 0) is 29.8 Å². The zero-order chi connectivity index (χ0) is 23.8. The summed E-state index contributed by atoms with van der Waals surface area (Å²) >= 11 is 0. The molecule has 0 unspecified atom stereocenters. The smallest absolute Gasteiger partial charge is 0.227 e. The minimum atomic E-state index is -3.38.